The smallest absolute Gasteiger partial charge is 0.0107 e. The van der Waals surface area contributed by atoms with Crippen molar-refractivity contribution in [2.75, 3.05) is 25.1 Å². The summed E-state index contributed by atoms with van der Waals surface area (Å²) in [5, 5.41) is 3.62. The van der Waals surface area contributed by atoms with Crippen LogP contribution in [0.2, 0.25) is 0 Å². The third-order valence-electron chi connectivity index (χ3n) is 2.89. The van der Waals surface area contributed by atoms with Gasteiger partial charge in [0.1, 0.15) is 0 Å². The van der Waals surface area contributed by atoms with Crippen LogP contribution in [0.1, 0.15) is 25.7 Å². The Kier molecular flexibility index (Phi) is 5.83. The zero-order chi connectivity index (χ0) is 9.52. The molecule has 1 aliphatic carbocycles. The number of hydrogen-bond donors (Lipinski definition) is 2. The number of nitrogens with two attached hydrogens (primary N) is 1. The van der Waals surface area contributed by atoms with Crippen molar-refractivity contribution < 1.29 is 0 Å². The minimum atomic E-state index is 0.715. The first-order valence-corrected chi connectivity index (χ1v) is 6.70. The summed E-state index contributed by atoms with van der Waals surface area (Å²) < 4.78 is 0. The SMILES string of the molecule is CSCCCNC1CCCC1CN. The van der Waals surface area contributed by atoms with Crippen molar-refractivity contribution in [3.63, 3.8) is 0 Å². The van der Waals surface area contributed by atoms with Gasteiger partial charge in [-0.05, 0) is 50.3 Å². The second-order valence-corrected chi connectivity index (χ2v) is 4.82. The molecule has 3 heteroatoms. The molecule has 1 aliphatic rings. The van der Waals surface area contributed by atoms with E-state index in [-0.39, 0.29) is 0 Å². The fourth-order valence-corrected chi connectivity index (χ4v) is 2.52. The molecule has 78 valence electrons. The summed E-state index contributed by atoms with van der Waals surface area (Å²) >= 11 is 1.93. The molecule has 0 aliphatic heterocycles. The first-order chi connectivity index (χ1) is 6.38. The molecule has 3 N–H and O–H groups in total. The molecule has 0 aromatic heterocycles. The van der Waals surface area contributed by atoms with Crippen LogP contribution < -0.4 is 11.1 Å². The summed E-state index contributed by atoms with van der Waals surface area (Å²) in [7, 11) is 0. The Morgan fingerprint density at radius 2 is 2.31 bits per heavy atom. The van der Waals surface area contributed by atoms with E-state index < -0.39 is 0 Å². The second kappa shape index (κ2) is 6.68. The molecule has 0 spiro atoms. The molecule has 0 amide bonds. The second-order valence-electron chi connectivity index (χ2n) is 3.83. The molecule has 2 unspecified atom stereocenters. The summed E-state index contributed by atoms with van der Waals surface area (Å²) in [4.78, 5) is 0. The predicted octanol–water partition coefficient (Wildman–Crippen LogP) is 1.46. The Labute approximate surface area is 86.0 Å². The minimum absolute atomic E-state index is 0.715. The largest absolute Gasteiger partial charge is 0.330 e. The normalized spacial score (nSPS) is 28.2. The van der Waals surface area contributed by atoms with Crippen LogP contribution in [0.15, 0.2) is 0 Å². The van der Waals surface area contributed by atoms with Crippen molar-refractivity contribution in [3.8, 4) is 0 Å². The van der Waals surface area contributed by atoms with Gasteiger partial charge in [0.15, 0.2) is 0 Å². The van der Waals surface area contributed by atoms with Crippen molar-refractivity contribution in [2.24, 2.45) is 11.7 Å². The molecule has 1 saturated carbocycles. The van der Waals surface area contributed by atoms with E-state index in [9.17, 15) is 0 Å². The van der Waals surface area contributed by atoms with Gasteiger partial charge in [-0.25, -0.2) is 0 Å². The molecular formula is C10H22N2S. The summed E-state index contributed by atoms with van der Waals surface area (Å²) in [6, 6.07) is 0.715. The maximum Gasteiger partial charge on any atom is 0.0107 e. The van der Waals surface area contributed by atoms with Crippen LogP contribution in [0.5, 0.6) is 0 Å². The minimum Gasteiger partial charge on any atom is -0.330 e. The predicted molar refractivity (Wildman–Crippen MR) is 61.2 cm³/mol. The van der Waals surface area contributed by atoms with Gasteiger partial charge in [0.25, 0.3) is 0 Å². The lowest BCUT2D eigenvalue weighted by molar-refractivity contribution is 0.409. The highest BCUT2D eigenvalue weighted by Gasteiger charge is 2.24. The molecule has 0 heterocycles. The molecule has 2 atom stereocenters. The maximum atomic E-state index is 5.71. The zero-order valence-corrected chi connectivity index (χ0v) is 9.41. The van der Waals surface area contributed by atoms with Crippen molar-refractivity contribution >= 4 is 11.8 Å². The van der Waals surface area contributed by atoms with Gasteiger partial charge in [0, 0.05) is 6.04 Å². The van der Waals surface area contributed by atoms with Gasteiger partial charge < -0.3 is 11.1 Å². The molecule has 13 heavy (non-hydrogen) atoms. The average Bonchev–Trinajstić information content (AvgIpc) is 2.60. The standard InChI is InChI=1S/C10H22N2S/c1-13-7-3-6-12-10-5-2-4-9(10)8-11/h9-10,12H,2-8,11H2,1H3. The molecule has 1 rings (SSSR count). The van der Waals surface area contributed by atoms with Crippen molar-refractivity contribution in [2.45, 2.75) is 31.7 Å². The topological polar surface area (TPSA) is 38.0 Å². The van der Waals surface area contributed by atoms with E-state index in [2.05, 4.69) is 11.6 Å². The van der Waals surface area contributed by atoms with Crippen LogP contribution in [-0.2, 0) is 0 Å². The Balaban J connectivity index is 2.06. The lowest BCUT2D eigenvalue weighted by Gasteiger charge is -2.19. The van der Waals surface area contributed by atoms with Crippen LogP contribution in [-0.4, -0.2) is 31.1 Å². The number of hydrogen-bond acceptors (Lipinski definition) is 3. The molecule has 0 aromatic carbocycles. The first-order valence-electron chi connectivity index (χ1n) is 5.31. The Hall–Kier alpha value is 0.270. The quantitative estimate of drug-likeness (QED) is 0.640. The lowest BCUT2D eigenvalue weighted by atomic mass is 10.0. The monoisotopic (exact) mass is 202 g/mol. The van der Waals surface area contributed by atoms with Gasteiger partial charge in [-0.1, -0.05) is 6.42 Å². The van der Waals surface area contributed by atoms with Crippen molar-refractivity contribution in [1.82, 2.24) is 5.32 Å². The van der Waals surface area contributed by atoms with E-state index in [0.29, 0.717) is 6.04 Å². The summed E-state index contributed by atoms with van der Waals surface area (Å²) in [6.07, 6.45) is 7.48. The average molecular weight is 202 g/mol. The van der Waals surface area contributed by atoms with Crippen molar-refractivity contribution in [1.29, 1.82) is 0 Å². The summed E-state index contributed by atoms with van der Waals surface area (Å²) in [5.74, 6) is 2.02. The van der Waals surface area contributed by atoms with E-state index in [1.54, 1.807) is 0 Å². The molecule has 0 saturated heterocycles. The van der Waals surface area contributed by atoms with Crippen LogP contribution in [0.3, 0.4) is 0 Å². The highest BCUT2D eigenvalue weighted by Crippen LogP contribution is 2.24. The summed E-state index contributed by atoms with van der Waals surface area (Å²) in [6.45, 7) is 2.03. The van der Waals surface area contributed by atoms with E-state index >= 15 is 0 Å². The van der Waals surface area contributed by atoms with Crippen LogP contribution in [0, 0.1) is 5.92 Å². The van der Waals surface area contributed by atoms with Crippen LogP contribution in [0.4, 0.5) is 0 Å². The summed E-state index contributed by atoms with van der Waals surface area (Å²) in [5.41, 5.74) is 5.71. The van der Waals surface area contributed by atoms with E-state index in [0.717, 1.165) is 12.5 Å². The zero-order valence-electron chi connectivity index (χ0n) is 8.59. The van der Waals surface area contributed by atoms with Gasteiger partial charge in [-0.2, -0.15) is 11.8 Å². The number of rotatable bonds is 6. The highest BCUT2D eigenvalue weighted by molar-refractivity contribution is 7.98. The fourth-order valence-electron chi connectivity index (χ4n) is 2.09. The van der Waals surface area contributed by atoms with Gasteiger partial charge in [0.05, 0.1) is 0 Å². The molecule has 1 fully saturated rings. The molecule has 2 nitrogen and oxygen atoms in total. The van der Waals surface area contributed by atoms with Crippen molar-refractivity contribution in [3.05, 3.63) is 0 Å². The van der Waals surface area contributed by atoms with Gasteiger partial charge in [0.2, 0.25) is 0 Å². The van der Waals surface area contributed by atoms with Gasteiger partial charge in [-0.15, -0.1) is 0 Å². The molecule has 0 aromatic rings. The molecular weight excluding hydrogens is 180 g/mol. The lowest BCUT2D eigenvalue weighted by Crippen LogP contribution is -2.36. The molecule has 0 radical (unpaired) electrons. The number of nitrogens with one attached hydrogen (secondary N) is 1. The van der Waals surface area contributed by atoms with Gasteiger partial charge >= 0.3 is 0 Å². The molecule has 0 bridgehead atoms. The van der Waals surface area contributed by atoms with Gasteiger partial charge in [-0.3, -0.25) is 0 Å². The Morgan fingerprint density at radius 1 is 1.46 bits per heavy atom. The third kappa shape index (κ3) is 3.88. The Morgan fingerprint density at radius 3 is 3.00 bits per heavy atom. The maximum absolute atomic E-state index is 5.71. The van der Waals surface area contributed by atoms with Crippen LogP contribution in [0.25, 0.3) is 0 Å². The van der Waals surface area contributed by atoms with E-state index in [1.807, 2.05) is 11.8 Å². The van der Waals surface area contributed by atoms with Crippen LogP contribution >= 0.6 is 11.8 Å². The fraction of sp³-hybridized carbons (Fsp3) is 1.00. The number of thioether (sulfide) groups is 1. The Bertz CT molecular complexity index is 130. The highest BCUT2D eigenvalue weighted by atomic mass is 32.2. The van der Waals surface area contributed by atoms with E-state index in [4.69, 9.17) is 5.73 Å². The van der Waals surface area contributed by atoms with E-state index in [1.165, 1.54) is 38.0 Å². The third-order valence-corrected chi connectivity index (χ3v) is 3.59. The first kappa shape index (κ1) is 11.3.